The minimum absolute atomic E-state index is 0.0378. The van der Waals surface area contributed by atoms with Gasteiger partial charge in [0.2, 0.25) is 0 Å². The minimum atomic E-state index is -0.885. The highest BCUT2D eigenvalue weighted by molar-refractivity contribution is 8.01. The Bertz CT molecular complexity index is 1000. The van der Waals surface area contributed by atoms with Gasteiger partial charge < -0.3 is 15.3 Å². The molecule has 0 saturated carbocycles. The molecule has 2 N–H and O–H groups in total. The van der Waals surface area contributed by atoms with Crippen LogP contribution in [0.1, 0.15) is 69.6 Å². The molecule has 0 spiro atoms. The number of amides is 2. The smallest absolute Gasteiger partial charge is 0.322 e. The number of nitrogens with one attached hydrogen (secondary N) is 1. The molecule has 0 bridgehead atoms. The number of anilines is 1. The average Bonchev–Trinajstić information content (AvgIpc) is 3.20. The molecule has 2 aromatic carbocycles. The molecule has 0 saturated heterocycles. The van der Waals surface area contributed by atoms with E-state index in [1.807, 2.05) is 42.2 Å². The van der Waals surface area contributed by atoms with Crippen molar-refractivity contribution in [2.45, 2.75) is 88.3 Å². The SMILES string of the molecule is CCCCCCCN(C(=O)Nc1ccccc1C)C1Cc2ccc(SC(C)(C)C(=O)O)cc2C1. The van der Waals surface area contributed by atoms with Crippen molar-refractivity contribution in [1.29, 1.82) is 0 Å². The van der Waals surface area contributed by atoms with Crippen molar-refractivity contribution in [3.8, 4) is 0 Å². The van der Waals surface area contributed by atoms with Gasteiger partial charge in [-0.2, -0.15) is 0 Å². The van der Waals surface area contributed by atoms with E-state index in [9.17, 15) is 14.7 Å². The van der Waals surface area contributed by atoms with Crippen LogP contribution in [0.25, 0.3) is 0 Å². The molecule has 0 aromatic heterocycles. The van der Waals surface area contributed by atoms with Crippen molar-refractivity contribution >= 4 is 29.4 Å². The van der Waals surface area contributed by atoms with E-state index in [2.05, 4.69) is 24.4 Å². The van der Waals surface area contributed by atoms with Crippen LogP contribution in [0.4, 0.5) is 10.5 Å². The molecule has 0 fully saturated rings. The van der Waals surface area contributed by atoms with E-state index in [-0.39, 0.29) is 12.1 Å². The predicted molar refractivity (Wildman–Crippen MR) is 141 cm³/mol. The molecule has 2 aromatic rings. The average molecular weight is 483 g/mol. The zero-order valence-electron chi connectivity index (χ0n) is 20.9. The molecule has 6 heteroatoms. The second-order valence-electron chi connectivity index (χ2n) is 9.76. The lowest BCUT2D eigenvalue weighted by Crippen LogP contribution is -2.44. The van der Waals surface area contributed by atoms with Crippen molar-refractivity contribution < 1.29 is 14.7 Å². The number of hydrogen-bond acceptors (Lipinski definition) is 3. The molecule has 0 aliphatic heterocycles. The normalized spacial score (nSPS) is 15.1. The number of fused-ring (bicyclic) bond motifs is 1. The van der Waals surface area contributed by atoms with Crippen LogP contribution in [-0.4, -0.2) is 39.3 Å². The molecule has 1 aliphatic rings. The number of carboxylic acids is 1. The number of thioether (sulfide) groups is 1. The van der Waals surface area contributed by atoms with Crippen LogP contribution >= 0.6 is 11.8 Å². The Balaban J connectivity index is 1.73. The molecule has 1 unspecified atom stereocenters. The maximum Gasteiger partial charge on any atom is 0.322 e. The van der Waals surface area contributed by atoms with E-state index in [1.54, 1.807) is 13.8 Å². The van der Waals surface area contributed by atoms with Crippen LogP contribution < -0.4 is 5.32 Å². The molecule has 3 rings (SSSR count). The number of nitrogens with zero attached hydrogens (tertiary/aromatic N) is 1. The first-order valence-corrected chi connectivity index (χ1v) is 13.2. The standard InChI is InChI=1S/C28H38N2O3S/c1-5-6-7-8-11-16-30(27(33)29-25-13-10-9-12-20(25)2)23-17-21-14-15-24(19-22(21)18-23)34-28(3,4)26(31)32/h9-10,12-15,19,23H,5-8,11,16-18H2,1-4H3,(H,29,33)(H,31,32). The molecule has 1 atom stereocenters. The number of aliphatic carboxylic acids is 1. The lowest BCUT2D eigenvalue weighted by molar-refractivity contribution is -0.138. The fourth-order valence-corrected chi connectivity index (χ4v) is 5.44. The van der Waals surface area contributed by atoms with E-state index in [0.717, 1.165) is 48.4 Å². The number of unbranched alkanes of at least 4 members (excludes halogenated alkanes) is 4. The van der Waals surface area contributed by atoms with Crippen LogP contribution in [0.5, 0.6) is 0 Å². The first-order valence-electron chi connectivity index (χ1n) is 12.4. The highest BCUT2D eigenvalue weighted by Gasteiger charge is 2.32. The van der Waals surface area contributed by atoms with Crippen molar-refractivity contribution in [2.75, 3.05) is 11.9 Å². The second kappa shape index (κ2) is 11.8. The topological polar surface area (TPSA) is 69.6 Å². The summed E-state index contributed by atoms with van der Waals surface area (Å²) in [5.41, 5.74) is 4.38. The summed E-state index contributed by atoms with van der Waals surface area (Å²) in [7, 11) is 0. The first kappa shape index (κ1) is 26.1. The Morgan fingerprint density at radius 2 is 1.76 bits per heavy atom. The quantitative estimate of drug-likeness (QED) is 0.269. The molecule has 184 valence electrons. The second-order valence-corrected chi connectivity index (χ2v) is 11.5. The Morgan fingerprint density at radius 3 is 2.47 bits per heavy atom. The van der Waals surface area contributed by atoms with E-state index in [1.165, 1.54) is 42.2 Å². The zero-order valence-corrected chi connectivity index (χ0v) is 21.7. The summed E-state index contributed by atoms with van der Waals surface area (Å²) in [4.78, 5) is 27.9. The number of rotatable bonds is 11. The largest absolute Gasteiger partial charge is 0.480 e. The van der Waals surface area contributed by atoms with Gasteiger partial charge in [-0.3, -0.25) is 4.79 Å². The van der Waals surface area contributed by atoms with Gasteiger partial charge in [-0.05, 0) is 74.9 Å². The van der Waals surface area contributed by atoms with Gasteiger partial charge in [-0.25, -0.2) is 4.79 Å². The van der Waals surface area contributed by atoms with Gasteiger partial charge in [0.25, 0.3) is 0 Å². The summed E-state index contributed by atoms with van der Waals surface area (Å²) < 4.78 is -0.885. The third-order valence-corrected chi connectivity index (χ3v) is 7.74. The fourth-order valence-electron chi connectivity index (χ4n) is 4.43. The number of benzene rings is 2. The van der Waals surface area contributed by atoms with E-state index < -0.39 is 10.7 Å². The molecule has 0 radical (unpaired) electrons. The van der Waals surface area contributed by atoms with Crippen molar-refractivity contribution in [1.82, 2.24) is 4.90 Å². The van der Waals surface area contributed by atoms with Crippen LogP contribution in [0.3, 0.4) is 0 Å². The highest BCUT2D eigenvalue weighted by Crippen LogP contribution is 2.36. The summed E-state index contributed by atoms with van der Waals surface area (Å²) >= 11 is 1.37. The van der Waals surface area contributed by atoms with Crippen molar-refractivity contribution in [2.24, 2.45) is 0 Å². The number of para-hydroxylation sites is 1. The Kier molecular flexibility index (Phi) is 9.06. The zero-order chi connectivity index (χ0) is 24.7. The number of aryl methyl sites for hydroxylation is 1. The Labute approximate surface area is 208 Å². The van der Waals surface area contributed by atoms with Crippen LogP contribution in [0, 0.1) is 6.92 Å². The van der Waals surface area contributed by atoms with E-state index in [4.69, 9.17) is 0 Å². The minimum Gasteiger partial charge on any atom is -0.480 e. The monoisotopic (exact) mass is 482 g/mol. The molecule has 34 heavy (non-hydrogen) atoms. The van der Waals surface area contributed by atoms with E-state index >= 15 is 0 Å². The summed E-state index contributed by atoms with van der Waals surface area (Å²) in [5.74, 6) is -0.821. The Hall–Kier alpha value is -2.47. The third kappa shape index (κ3) is 6.78. The van der Waals surface area contributed by atoms with Crippen molar-refractivity contribution in [3.63, 3.8) is 0 Å². The van der Waals surface area contributed by atoms with Gasteiger partial charge >= 0.3 is 12.0 Å². The number of urea groups is 1. The maximum atomic E-state index is 13.4. The van der Waals surface area contributed by atoms with Gasteiger partial charge in [0.15, 0.2) is 0 Å². The third-order valence-electron chi connectivity index (χ3n) is 6.57. The molecular formula is C28H38N2O3S. The number of carboxylic acid groups (broad SMARTS) is 1. The summed E-state index contributed by atoms with van der Waals surface area (Å²) in [6.45, 7) is 8.42. The van der Waals surface area contributed by atoms with Crippen LogP contribution in [0.2, 0.25) is 0 Å². The predicted octanol–water partition coefficient (Wildman–Crippen LogP) is 6.92. The lowest BCUT2D eigenvalue weighted by Gasteiger charge is -2.29. The number of carbonyl (C=O) groups excluding carboxylic acids is 1. The highest BCUT2D eigenvalue weighted by atomic mass is 32.2. The van der Waals surface area contributed by atoms with Gasteiger partial charge in [0.1, 0.15) is 4.75 Å². The number of carbonyl (C=O) groups is 2. The maximum absolute atomic E-state index is 13.4. The van der Waals surface area contributed by atoms with E-state index in [0.29, 0.717) is 0 Å². The number of hydrogen-bond donors (Lipinski definition) is 2. The summed E-state index contributed by atoms with van der Waals surface area (Å²) in [6.07, 6.45) is 7.40. The lowest BCUT2D eigenvalue weighted by atomic mass is 10.1. The van der Waals surface area contributed by atoms with Crippen LogP contribution in [0.15, 0.2) is 47.4 Å². The Morgan fingerprint density at radius 1 is 1.06 bits per heavy atom. The van der Waals surface area contributed by atoms with Crippen molar-refractivity contribution in [3.05, 3.63) is 59.2 Å². The summed E-state index contributed by atoms with van der Waals surface area (Å²) in [5, 5.41) is 12.6. The molecule has 5 nitrogen and oxygen atoms in total. The fraction of sp³-hybridized carbons (Fsp3) is 0.500. The molecular weight excluding hydrogens is 444 g/mol. The van der Waals surface area contributed by atoms with Gasteiger partial charge in [-0.1, -0.05) is 56.9 Å². The van der Waals surface area contributed by atoms with Crippen LogP contribution in [-0.2, 0) is 17.6 Å². The molecule has 2 amide bonds. The van der Waals surface area contributed by atoms with Gasteiger partial charge in [0.05, 0.1) is 0 Å². The molecule has 1 aliphatic carbocycles. The summed E-state index contributed by atoms with van der Waals surface area (Å²) in [6, 6.07) is 14.2. The van der Waals surface area contributed by atoms with Gasteiger partial charge in [0, 0.05) is 23.2 Å². The first-order chi connectivity index (χ1) is 16.2. The molecule has 0 heterocycles. The van der Waals surface area contributed by atoms with Gasteiger partial charge in [-0.15, -0.1) is 11.8 Å².